The molecule has 1 atom stereocenters. The van der Waals surface area contributed by atoms with Crippen LogP contribution in [0.4, 0.5) is 0 Å². The van der Waals surface area contributed by atoms with Crippen LogP contribution >= 0.6 is 0 Å². The maximum atomic E-state index is 8.97. The van der Waals surface area contributed by atoms with Crippen molar-refractivity contribution in [2.75, 3.05) is 0 Å². The van der Waals surface area contributed by atoms with Crippen LogP contribution in [0.1, 0.15) is 25.0 Å². The first-order chi connectivity index (χ1) is 8.37. The van der Waals surface area contributed by atoms with Gasteiger partial charge in [0.2, 0.25) is 5.79 Å². The van der Waals surface area contributed by atoms with Gasteiger partial charge in [0.05, 0.1) is 12.6 Å². The third-order valence-corrected chi connectivity index (χ3v) is 2.91. The lowest BCUT2D eigenvalue weighted by molar-refractivity contribution is -0.180. The Hall–Kier alpha value is -1.14. The first-order valence-corrected chi connectivity index (χ1v) is 5.94. The minimum absolute atomic E-state index is 0.397. The van der Waals surface area contributed by atoms with E-state index in [2.05, 4.69) is 0 Å². The Morgan fingerprint density at radius 3 is 2.78 bits per heavy atom. The lowest BCUT2D eigenvalue weighted by Crippen LogP contribution is -2.37. The third kappa shape index (κ3) is 3.00. The molecule has 18 heavy (non-hydrogen) atoms. The van der Waals surface area contributed by atoms with Gasteiger partial charge in [-0.15, -0.1) is 0 Å². The van der Waals surface area contributed by atoms with E-state index in [1.807, 2.05) is 32.0 Å². The van der Waals surface area contributed by atoms with E-state index in [1.165, 1.54) is 0 Å². The molecule has 0 amide bonds. The molecule has 1 aromatic carbocycles. The van der Waals surface area contributed by atoms with Crippen LogP contribution in [0, 0.1) is 0 Å². The smallest absolute Gasteiger partial charge is 0.205 e. The van der Waals surface area contributed by atoms with E-state index in [4.69, 9.17) is 25.4 Å². The van der Waals surface area contributed by atoms with Crippen molar-refractivity contribution in [3.8, 4) is 5.75 Å². The summed E-state index contributed by atoms with van der Waals surface area (Å²) >= 11 is 0. The van der Waals surface area contributed by atoms with Gasteiger partial charge < -0.3 is 25.4 Å². The molecule has 4 N–H and O–H groups in total. The second-order valence-corrected chi connectivity index (χ2v) is 5.01. The fraction of sp³-hybridized carbons (Fsp3) is 0.538. The fourth-order valence-electron chi connectivity index (χ4n) is 1.90. The molecule has 5 heteroatoms. The number of hydrogen-bond donors (Lipinski definition) is 3. The van der Waals surface area contributed by atoms with Crippen LogP contribution in [0.15, 0.2) is 18.2 Å². The van der Waals surface area contributed by atoms with Gasteiger partial charge in [-0.05, 0) is 24.1 Å². The summed E-state index contributed by atoms with van der Waals surface area (Å²) in [6.07, 6.45) is -1.11. The Kier molecular flexibility index (Phi) is 3.59. The van der Waals surface area contributed by atoms with Crippen molar-refractivity contribution in [2.24, 2.45) is 5.73 Å². The van der Waals surface area contributed by atoms with Gasteiger partial charge in [0.25, 0.3) is 0 Å². The van der Waals surface area contributed by atoms with Crippen LogP contribution in [0.2, 0.25) is 0 Å². The average molecular weight is 253 g/mol. The van der Waals surface area contributed by atoms with E-state index in [0.29, 0.717) is 13.0 Å². The molecule has 0 saturated heterocycles. The predicted molar refractivity (Wildman–Crippen MR) is 65.8 cm³/mol. The molecule has 1 aromatic rings. The van der Waals surface area contributed by atoms with Gasteiger partial charge in [-0.1, -0.05) is 6.07 Å². The highest BCUT2D eigenvalue weighted by Gasteiger charge is 2.27. The van der Waals surface area contributed by atoms with Crippen molar-refractivity contribution in [3.63, 3.8) is 0 Å². The second kappa shape index (κ2) is 4.85. The minimum atomic E-state index is -1.51. The largest absolute Gasteiger partial charge is 0.463 e. The first kappa shape index (κ1) is 13.3. The molecule has 0 radical (unpaired) electrons. The van der Waals surface area contributed by atoms with Crippen LogP contribution in [0.25, 0.3) is 0 Å². The first-order valence-electron chi connectivity index (χ1n) is 5.94. The monoisotopic (exact) mass is 253 g/mol. The molecule has 5 nitrogen and oxygen atoms in total. The van der Waals surface area contributed by atoms with Crippen LogP contribution in [0.5, 0.6) is 5.75 Å². The molecular formula is C13H19NO4. The number of rotatable bonds is 3. The van der Waals surface area contributed by atoms with Gasteiger partial charge in [0.1, 0.15) is 5.75 Å². The number of benzene rings is 1. The van der Waals surface area contributed by atoms with Gasteiger partial charge in [0.15, 0.2) is 6.29 Å². The van der Waals surface area contributed by atoms with E-state index >= 15 is 0 Å². The zero-order chi connectivity index (χ0) is 13.3. The molecule has 0 aliphatic carbocycles. The molecule has 0 bridgehead atoms. The van der Waals surface area contributed by atoms with Gasteiger partial charge in [-0.2, -0.15) is 0 Å². The molecule has 0 aromatic heterocycles. The zero-order valence-electron chi connectivity index (χ0n) is 10.6. The lowest BCUT2D eigenvalue weighted by Gasteiger charge is -2.32. The standard InChI is InChI=1S/C13H19NO4/c1-13(2)17-7-9-5-8(3-4-11(9)18-13)6-10(14)12(15)16/h3-5,10,12,15-16H,6-7,14H2,1-2H3/t10-/m0/s1. The van der Waals surface area contributed by atoms with Gasteiger partial charge >= 0.3 is 0 Å². The van der Waals surface area contributed by atoms with Crippen LogP contribution in [-0.4, -0.2) is 28.3 Å². The van der Waals surface area contributed by atoms with Gasteiger partial charge in [-0.3, -0.25) is 0 Å². The number of aliphatic hydroxyl groups is 2. The fourth-order valence-corrected chi connectivity index (χ4v) is 1.90. The molecule has 100 valence electrons. The highest BCUT2D eigenvalue weighted by Crippen LogP contribution is 2.31. The molecule has 1 aliphatic rings. The molecular weight excluding hydrogens is 234 g/mol. The van der Waals surface area contributed by atoms with Crippen LogP contribution in [-0.2, 0) is 17.8 Å². The third-order valence-electron chi connectivity index (χ3n) is 2.91. The summed E-state index contributed by atoms with van der Waals surface area (Å²) in [5.41, 5.74) is 7.49. The predicted octanol–water partition coefficient (Wildman–Crippen LogP) is 0.512. The summed E-state index contributed by atoms with van der Waals surface area (Å²) < 4.78 is 11.2. The summed E-state index contributed by atoms with van der Waals surface area (Å²) in [4.78, 5) is 0. The van der Waals surface area contributed by atoms with Gasteiger partial charge in [0, 0.05) is 19.4 Å². The molecule has 2 rings (SSSR count). The van der Waals surface area contributed by atoms with Crippen molar-refractivity contribution in [3.05, 3.63) is 29.3 Å². The number of nitrogens with two attached hydrogens (primary N) is 1. The van der Waals surface area contributed by atoms with E-state index in [9.17, 15) is 0 Å². The molecule has 0 spiro atoms. The summed E-state index contributed by atoms with van der Waals surface area (Å²) in [6, 6.07) is 4.98. The van der Waals surface area contributed by atoms with Crippen molar-refractivity contribution < 1.29 is 19.7 Å². The Morgan fingerprint density at radius 1 is 1.39 bits per heavy atom. The topological polar surface area (TPSA) is 84.9 Å². The summed E-state index contributed by atoms with van der Waals surface area (Å²) in [5, 5.41) is 17.9. The Bertz CT molecular complexity index is 431. The Labute approximate surface area is 106 Å². The molecule has 1 aliphatic heterocycles. The number of ether oxygens (including phenoxy) is 2. The molecule has 1 heterocycles. The minimum Gasteiger partial charge on any atom is -0.463 e. The maximum absolute atomic E-state index is 8.97. The second-order valence-electron chi connectivity index (χ2n) is 5.01. The Balaban J connectivity index is 2.14. The number of aliphatic hydroxyl groups excluding tert-OH is 1. The summed E-state index contributed by atoms with van der Waals surface area (Å²) in [7, 11) is 0. The van der Waals surface area contributed by atoms with Crippen molar-refractivity contribution in [2.45, 2.75) is 45.0 Å². The summed E-state index contributed by atoms with van der Waals surface area (Å²) in [5.74, 6) is 0.194. The van der Waals surface area contributed by atoms with Crippen molar-refractivity contribution in [1.82, 2.24) is 0 Å². The normalized spacial score (nSPS) is 19.2. The quantitative estimate of drug-likeness (QED) is 0.684. The SMILES string of the molecule is CC1(C)OCc2cc(C[C@H](N)C(O)O)ccc2O1. The lowest BCUT2D eigenvalue weighted by atomic mass is 10.0. The average Bonchev–Trinajstić information content (AvgIpc) is 2.28. The highest BCUT2D eigenvalue weighted by molar-refractivity contribution is 5.38. The van der Waals surface area contributed by atoms with Crippen LogP contribution < -0.4 is 10.5 Å². The molecule has 0 unspecified atom stereocenters. The van der Waals surface area contributed by atoms with E-state index in [-0.39, 0.29) is 0 Å². The van der Waals surface area contributed by atoms with E-state index < -0.39 is 18.1 Å². The molecule has 0 fully saturated rings. The van der Waals surface area contributed by atoms with Crippen molar-refractivity contribution >= 4 is 0 Å². The zero-order valence-corrected chi connectivity index (χ0v) is 10.6. The summed E-state index contributed by atoms with van der Waals surface area (Å²) in [6.45, 7) is 4.21. The number of fused-ring (bicyclic) bond motifs is 1. The van der Waals surface area contributed by atoms with E-state index in [0.717, 1.165) is 16.9 Å². The van der Waals surface area contributed by atoms with Gasteiger partial charge in [-0.25, -0.2) is 0 Å². The van der Waals surface area contributed by atoms with Crippen LogP contribution in [0.3, 0.4) is 0 Å². The maximum Gasteiger partial charge on any atom is 0.205 e. The highest BCUT2D eigenvalue weighted by atomic mass is 16.7. The Morgan fingerprint density at radius 2 is 2.11 bits per heavy atom. The molecule has 0 saturated carbocycles. The van der Waals surface area contributed by atoms with E-state index in [1.54, 1.807) is 0 Å². The van der Waals surface area contributed by atoms with Crippen molar-refractivity contribution in [1.29, 1.82) is 0 Å². The number of hydrogen-bond acceptors (Lipinski definition) is 5.